The molecule has 0 aliphatic heterocycles. The Labute approximate surface area is 113 Å². The lowest BCUT2D eigenvalue weighted by Crippen LogP contribution is -2.48. The van der Waals surface area contributed by atoms with Crippen LogP contribution in [0.15, 0.2) is 43.0 Å². The van der Waals surface area contributed by atoms with Crippen LogP contribution in [0.2, 0.25) is 0 Å². The van der Waals surface area contributed by atoms with Gasteiger partial charge >= 0.3 is 6.09 Å². The van der Waals surface area contributed by atoms with Gasteiger partial charge in [-0.3, -0.25) is 0 Å². The lowest BCUT2D eigenvalue weighted by atomic mass is 10.0. The van der Waals surface area contributed by atoms with Gasteiger partial charge in [0.1, 0.15) is 0 Å². The van der Waals surface area contributed by atoms with Gasteiger partial charge in [-0.25, -0.2) is 4.79 Å². The molecule has 1 aromatic rings. The molecular weight excluding hydrogens is 244 g/mol. The zero-order valence-electron chi connectivity index (χ0n) is 10.7. The number of aliphatic hydroxyl groups is 1. The summed E-state index contributed by atoms with van der Waals surface area (Å²) >= 11 is 0. The third-order valence-corrected chi connectivity index (χ3v) is 2.71. The Balaban J connectivity index is 2.60. The van der Waals surface area contributed by atoms with Gasteiger partial charge in [-0.1, -0.05) is 36.4 Å². The molecule has 0 saturated carbocycles. The van der Waals surface area contributed by atoms with E-state index in [1.807, 2.05) is 30.3 Å². The van der Waals surface area contributed by atoms with Crippen LogP contribution < -0.4 is 10.6 Å². The number of hydrogen-bond acceptors (Lipinski definition) is 3. The SMILES string of the molecule is C=CCNC[C@@H](O)C(Cc1ccccc1)NC(=O)O. The quantitative estimate of drug-likeness (QED) is 0.417. The summed E-state index contributed by atoms with van der Waals surface area (Å²) < 4.78 is 0. The summed E-state index contributed by atoms with van der Waals surface area (Å²) in [5, 5.41) is 24.2. The van der Waals surface area contributed by atoms with Crippen molar-refractivity contribution in [1.29, 1.82) is 0 Å². The highest BCUT2D eigenvalue weighted by Crippen LogP contribution is 2.06. The zero-order chi connectivity index (χ0) is 14.1. The van der Waals surface area contributed by atoms with Gasteiger partial charge in [0.2, 0.25) is 0 Å². The standard InChI is InChI=1S/C14H20N2O3/c1-2-8-15-10-13(17)12(16-14(18)19)9-11-6-4-3-5-7-11/h2-7,12-13,15-17H,1,8-10H2,(H,18,19)/t12?,13-/m1/s1. The van der Waals surface area contributed by atoms with Crippen molar-refractivity contribution in [3.63, 3.8) is 0 Å². The molecule has 0 aromatic heterocycles. The van der Waals surface area contributed by atoms with Crippen molar-refractivity contribution in [2.75, 3.05) is 13.1 Å². The highest BCUT2D eigenvalue weighted by atomic mass is 16.4. The van der Waals surface area contributed by atoms with E-state index in [4.69, 9.17) is 5.11 Å². The van der Waals surface area contributed by atoms with Gasteiger partial charge in [0.05, 0.1) is 12.1 Å². The predicted molar refractivity (Wildman–Crippen MR) is 74.2 cm³/mol. The van der Waals surface area contributed by atoms with Crippen molar-refractivity contribution in [2.45, 2.75) is 18.6 Å². The molecular formula is C14H20N2O3. The smallest absolute Gasteiger partial charge is 0.404 e. The Hall–Kier alpha value is -1.85. The first-order valence-electron chi connectivity index (χ1n) is 6.16. The van der Waals surface area contributed by atoms with E-state index < -0.39 is 18.2 Å². The first-order valence-corrected chi connectivity index (χ1v) is 6.16. The fourth-order valence-corrected chi connectivity index (χ4v) is 1.79. The molecule has 1 aromatic carbocycles. The summed E-state index contributed by atoms with van der Waals surface area (Å²) in [5.41, 5.74) is 0.976. The first-order chi connectivity index (χ1) is 9.13. The molecule has 0 aliphatic carbocycles. The molecule has 0 fully saturated rings. The van der Waals surface area contributed by atoms with Crippen molar-refractivity contribution in [3.05, 3.63) is 48.6 Å². The summed E-state index contributed by atoms with van der Waals surface area (Å²) in [6.45, 7) is 4.45. The molecule has 0 spiro atoms. The minimum Gasteiger partial charge on any atom is -0.465 e. The number of nitrogens with one attached hydrogen (secondary N) is 2. The second kappa shape index (κ2) is 8.29. The van der Waals surface area contributed by atoms with Gasteiger partial charge in [-0.15, -0.1) is 6.58 Å². The summed E-state index contributed by atoms with van der Waals surface area (Å²) in [6, 6.07) is 8.93. The van der Waals surface area contributed by atoms with E-state index in [1.165, 1.54) is 0 Å². The maximum atomic E-state index is 10.8. The molecule has 1 unspecified atom stereocenters. The average Bonchev–Trinajstić information content (AvgIpc) is 2.39. The molecule has 1 rings (SSSR count). The topological polar surface area (TPSA) is 81.6 Å². The van der Waals surface area contributed by atoms with Crippen molar-refractivity contribution in [1.82, 2.24) is 10.6 Å². The highest BCUT2D eigenvalue weighted by Gasteiger charge is 2.21. The highest BCUT2D eigenvalue weighted by molar-refractivity contribution is 5.65. The van der Waals surface area contributed by atoms with Gasteiger partial charge in [-0.2, -0.15) is 0 Å². The minimum absolute atomic E-state index is 0.309. The van der Waals surface area contributed by atoms with Crippen LogP contribution >= 0.6 is 0 Å². The third-order valence-electron chi connectivity index (χ3n) is 2.71. The number of rotatable bonds is 8. The van der Waals surface area contributed by atoms with E-state index in [-0.39, 0.29) is 0 Å². The summed E-state index contributed by atoms with van der Waals surface area (Å²) in [5.74, 6) is 0. The monoisotopic (exact) mass is 264 g/mol. The predicted octanol–water partition coefficient (Wildman–Crippen LogP) is 1.00. The molecule has 2 atom stereocenters. The fourth-order valence-electron chi connectivity index (χ4n) is 1.79. The van der Waals surface area contributed by atoms with Crippen LogP contribution in [0.1, 0.15) is 5.56 Å². The van der Waals surface area contributed by atoms with E-state index >= 15 is 0 Å². The normalized spacial score (nSPS) is 13.5. The van der Waals surface area contributed by atoms with Crippen LogP contribution in [0.5, 0.6) is 0 Å². The van der Waals surface area contributed by atoms with Gasteiger partial charge in [0, 0.05) is 13.1 Å². The second-order valence-corrected chi connectivity index (χ2v) is 4.26. The van der Waals surface area contributed by atoms with E-state index in [1.54, 1.807) is 6.08 Å². The van der Waals surface area contributed by atoms with Crippen LogP contribution in [-0.4, -0.2) is 41.5 Å². The number of amides is 1. The average molecular weight is 264 g/mol. The lowest BCUT2D eigenvalue weighted by Gasteiger charge is -2.23. The molecule has 4 N–H and O–H groups in total. The zero-order valence-corrected chi connectivity index (χ0v) is 10.7. The molecule has 104 valence electrons. The number of aliphatic hydroxyl groups excluding tert-OH is 1. The van der Waals surface area contributed by atoms with Crippen molar-refractivity contribution >= 4 is 6.09 Å². The lowest BCUT2D eigenvalue weighted by molar-refractivity contribution is 0.119. The molecule has 19 heavy (non-hydrogen) atoms. The summed E-state index contributed by atoms with van der Waals surface area (Å²) in [6.07, 6.45) is 0.202. The molecule has 0 heterocycles. The largest absolute Gasteiger partial charge is 0.465 e. The Kier molecular flexibility index (Phi) is 6.63. The Morgan fingerprint density at radius 1 is 1.37 bits per heavy atom. The van der Waals surface area contributed by atoms with Crippen molar-refractivity contribution < 1.29 is 15.0 Å². The Morgan fingerprint density at radius 3 is 2.63 bits per heavy atom. The number of benzene rings is 1. The first kappa shape index (κ1) is 15.2. The number of hydrogen-bond donors (Lipinski definition) is 4. The molecule has 0 bridgehead atoms. The van der Waals surface area contributed by atoms with E-state index in [9.17, 15) is 9.90 Å². The van der Waals surface area contributed by atoms with E-state index in [0.29, 0.717) is 19.5 Å². The number of carbonyl (C=O) groups is 1. The molecule has 0 aliphatic rings. The maximum Gasteiger partial charge on any atom is 0.404 e. The molecule has 5 nitrogen and oxygen atoms in total. The van der Waals surface area contributed by atoms with Gasteiger partial charge in [-0.05, 0) is 12.0 Å². The van der Waals surface area contributed by atoms with Crippen LogP contribution in [0.3, 0.4) is 0 Å². The molecule has 5 heteroatoms. The van der Waals surface area contributed by atoms with Gasteiger partial charge in [0.15, 0.2) is 0 Å². The molecule has 0 saturated heterocycles. The fraction of sp³-hybridized carbons (Fsp3) is 0.357. The summed E-state index contributed by atoms with van der Waals surface area (Å²) in [4.78, 5) is 10.8. The van der Waals surface area contributed by atoms with Crippen LogP contribution in [0.25, 0.3) is 0 Å². The summed E-state index contributed by atoms with van der Waals surface area (Å²) in [7, 11) is 0. The Bertz CT molecular complexity index is 395. The number of carboxylic acid groups (broad SMARTS) is 1. The van der Waals surface area contributed by atoms with Gasteiger partial charge < -0.3 is 20.8 Å². The third kappa shape index (κ3) is 6.03. The molecule has 1 amide bonds. The van der Waals surface area contributed by atoms with Gasteiger partial charge in [0.25, 0.3) is 0 Å². The maximum absolute atomic E-state index is 10.8. The van der Waals surface area contributed by atoms with Crippen LogP contribution in [-0.2, 0) is 6.42 Å². The van der Waals surface area contributed by atoms with E-state index in [0.717, 1.165) is 5.56 Å². The van der Waals surface area contributed by atoms with Crippen LogP contribution in [0, 0.1) is 0 Å². The minimum atomic E-state index is -1.14. The van der Waals surface area contributed by atoms with E-state index in [2.05, 4.69) is 17.2 Å². The second-order valence-electron chi connectivity index (χ2n) is 4.26. The van der Waals surface area contributed by atoms with Crippen molar-refractivity contribution in [2.24, 2.45) is 0 Å². The van der Waals surface area contributed by atoms with Crippen LogP contribution in [0.4, 0.5) is 4.79 Å². The van der Waals surface area contributed by atoms with Crippen molar-refractivity contribution in [3.8, 4) is 0 Å². The Morgan fingerprint density at radius 2 is 2.05 bits per heavy atom. The molecule has 0 radical (unpaired) electrons.